The van der Waals surface area contributed by atoms with E-state index in [9.17, 15) is 14.4 Å². The quantitative estimate of drug-likeness (QED) is 0.248. The summed E-state index contributed by atoms with van der Waals surface area (Å²) in [4.78, 5) is 34.3. The molecule has 0 aromatic rings. The van der Waals surface area contributed by atoms with Gasteiger partial charge in [0.15, 0.2) is 0 Å². The highest BCUT2D eigenvalue weighted by Gasteiger charge is 2.23. The molecule has 0 fully saturated rings. The number of esters is 2. The number of amides is 1. The Labute approximate surface area is 133 Å². The maximum atomic E-state index is 11.8. The highest BCUT2D eigenvalue weighted by molar-refractivity contribution is 5.83. The zero-order valence-electron chi connectivity index (χ0n) is 12.8. The third kappa shape index (κ3) is 10.6. The van der Waals surface area contributed by atoms with Gasteiger partial charge in [-0.1, -0.05) is 0 Å². The molecule has 1 amide bonds. The molecule has 3 atom stereocenters. The van der Waals surface area contributed by atoms with Crippen molar-refractivity contribution in [1.82, 2.24) is 5.32 Å². The van der Waals surface area contributed by atoms with Crippen molar-refractivity contribution < 1.29 is 44.3 Å². The van der Waals surface area contributed by atoms with Gasteiger partial charge in [0.25, 0.3) is 0 Å². The summed E-state index contributed by atoms with van der Waals surface area (Å²) in [5.74, 6) is -2.11. The van der Waals surface area contributed by atoms with Crippen LogP contribution in [0.5, 0.6) is 0 Å². The average Bonchev–Trinajstić information content (AvgIpc) is 2.53. The molecule has 0 saturated heterocycles. The second kappa shape index (κ2) is 11.8. The zero-order chi connectivity index (χ0) is 17.8. The predicted octanol–water partition coefficient (Wildman–Crippen LogP) is -2.94. The molecular formula is C13H23NO9. The molecule has 5 N–H and O–H groups in total. The minimum absolute atomic E-state index is 0.109. The van der Waals surface area contributed by atoms with E-state index in [1.165, 1.54) is 6.92 Å². The van der Waals surface area contributed by atoms with Gasteiger partial charge >= 0.3 is 11.9 Å². The summed E-state index contributed by atoms with van der Waals surface area (Å²) >= 11 is 0. The molecule has 0 aliphatic heterocycles. The molecule has 0 spiro atoms. The fraction of sp³-hybridized carbons (Fsp3) is 0.769. The SMILES string of the molecule is CC(=O)NC(CCC(=O)OCC(O)CO)C(=O)OCC(O)CO. The Bertz CT molecular complexity index is 388. The van der Waals surface area contributed by atoms with E-state index >= 15 is 0 Å². The van der Waals surface area contributed by atoms with Crippen LogP contribution in [0, 0.1) is 0 Å². The van der Waals surface area contributed by atoms with Gasteiger partial charge in [0, 0.05) is 13.3 Å². The first-order valence-corrected chi connectivity index (χ1v) is 6.97. The van der Waals surface area contributed by atoms with Crippen LogP contribution < -0.4 is 5.32 Å². The van der Waals surface area contributed by atoms with Gasteiger partial charge in [0.05, 0.1) is 13.2 Å². The van der Waals surface area contributed by atoms with E-state index in [1.54, 1.807) is 0 Å². The molecule has 23 heavy (non-hydrogen) atoms. The number of hydrogen-bond donors (Lipinski definition) is 5. The number of aliphatic hydroxyl groups is 4. The van der Waals surface area contributed by atoms with E-state index in [0.29, 0.717) is 0 Å². The van der Waals surface area contributed by atoms with Gasteiger partial charge in [-0.3, -0.25) is 9.59 Å². The highest BCUT2D eigenvalue weighted by Crippen LogP contribution is 2.03. The number of nitrogens with one attached hydrogen (secondary N) is 1. The Morgan fingerprint density at radius 3 is 2.00 bits per heavy atom. The largest absolute Gasteiger partial charge is 0.463 e. The van der Waals surface area contributed by atoms with Crippen LogP contribution in [-0.4, -0.2) is 82.9 Å². The summed E-state index contributed by atoms with van der Waals surface area (Å²) in [5.41, 5.74) is 0. The van der Waals surface area contributed by atoms with Gasteiger partial charge in [-0.15, -0.1) is 0 Å². The molecule has 0 rings (SSSR count). The first-order valence-electron chi connectivity index (χ1n) is 6.97. The first kappa shape index (κ1) is 21.2. The van der Waals surface area contributed by atoms with Crippen molar-refractivity contribution in [1.29, 1.82) is 0 Å². The molecule has 10 nitrogen and oxygen atoms in total. The lowest BCUT2D eigenvalue weighted by Crippen LogP contribution is -2.42. The maximum absolute atomic E-state index is 11.8. The lowest BCUT2D eigenvalue weighted by Gasteiger charge is -2.17. The van der Waals surface area contributed by atoms with Crippen LogP contribution in [0.3, 0.4) is 0 Å². The van der Waals surface area contributed by atoms with E-state index in [0.717, 1.165) is 0 Å². The summed E-state index contributed by atoms with van der Waals surface area (Å²) in [6.07, 6.45) is -2.76. The average molecular weight is 337 g/mol. The number of carbonyl (C=O) groups excluding carboxylic acids is 3. The predicted molar refractivity (Wildman–Crippen MR) is 74.9 cm³/mol. The van der Waals surface area contributed by atoms with Crippen LogP contribution in [0.4, 0.5) is 0 Å². The first-order chi connectivity index (χ1) is 10.8. The van der Waals surface area contributed by atoms with Gasteiger partial charge in [-0.05, 0) is 6.42 Å². The maximum Gasteiger partial charge on any atom is 0.328 e. The van der Waals surface area contributed by atoms with E-state index in [-0.39, 0.29) is 19.4 Å². The number of rotatable bonds is 11. The summed E-state index contributed by atoms with van der Waals surface area (Å²) in [5, 5.41) is 37.6. The lowest BCUT2D eigenvalue weighted by molar-refractivity contribution is -0.152. The molecule has 10 heteroatoms. The van der Waals surface area contributed by atoms with Crippen LogP contribution in [0.2, 0.25) is 0 Å². The molecule has 134 valence electrons. The second-order valence-electron chi connectivity index (χ2n) is 4.78. The molecule has 0 bridgehead atoms. The Morgan fingerprint density at radius 2 is 1.52 bits per heavy atom. The normalized spacial score (nSPS) is 14.5. The smallest absolute Gasteiger partial charge is 0.328 e. The molecule has 0 aromatic heterocycles. The van der Waals surface area contributed by atoms with Crippen LogP contribution in [0.15, 0.2) is 0 Å². The standard InChI is InChI=1S/C13H23NO9/c1-8(17)14-11(13(21)23-7-10(19)5-16)2-3-12(20)22-6-9(18)4-15/h9-11,15-16,18-19H,2-7H2,1H3,(H,14,17). The van der Waals surface area contributed by atoms with Gasteiger partial charge in [-0.25, -0.2) is 4.79 Å². The van der Waals surface area contributed by atoms with Crippen LogP contribution >= 0.6 is 0 Å². The topological polar surface area (TPSA) is 163 Å². The molecule has 0 radical (unpaired) electrons. The van der Waals surface area contributed by atoms with E-state index in [2.05, 4.69) is 10.1 Å². The number of carbonyl (C=O) groups is 3. The fourth-order valence-electron chi connectivity index (χ4n) is 1.40. The Balaban J connectivity index is 4.35. The fourth-order valence-corrected chi connectivity index (χ4v) is 1.40. The summed E-state index contributed by atoms with van der Waals surface area (Å²) < 4.78 is 9.38. The van der Waals surface area contributed by atoms with Crippen molar-refractivity contribution in [3.05, 3.63) is 0 Å². The van der Waals surface area contributed by atoms with Crippen molar-refractivity contribution in [2.45, 2.75) is 38.0 Å². The number of ether oxygens (including phenoxy) is 2. The van der Waals surface area contributed by atoms with Gasteiger partial charge in [0.1, 0.15) is 31.5 Å². The molecule has 0 saturated carbocycles. The van der Waals surface area contributed by atoms with Gasteiger partial charge in [-0.2, -0.15) is 0 Å². The number of hydrogen-bond acceptors (Lipinski definition) is 9. The number of aliphatic hydroxyl groups excluding tert-OH is 4. The minimum atomic E-state index is -1.23. The van der Waals surface area contributed by atoms with Crippen molar-refractivity contribution in [3.63, 3.8) is 0 Å². The lowest BCUT2D eigenvalue weighted by atomic mass is 10.1. The van der Waals surface area contributed by atoms with Crippen LogP contribution in [-0.2, 0) is 23.9 Å². The van der Waals surface area contributed by atoms with Crippen molar-refractivity contribution in [2.24, 2.45) is 0 Å². The molecule has 0 aliphatic rings. The van der Waals surface area contributed by atoms with Gasteiger partial charge < -0.3 is 35.2 Å². The summed E-state index contributed by atoms with van der Waals surface area (Å²) in [6, 6.07) is -1.12. The third-order valence-electron chi connectivity index (χ3n) is 2.58. The Kier molecular flexibility index (Phi) is 10.9. The molecule has 0 aromatic carbocycles. The minimum Gasteiger partial charge on any atom is -0.463 e. The second-order valence-corrected chi connectivity index (χ2v) is 4.78. The van der Waals surface area contributed by atoms with Crippen LogP contribution in [0.25, 0.3) is 0 Å². The molecular weight excluding hydrogens is 314 g/mol. The molecule has 0 aliphatic carbocycles. The third-order valence-corrected chi connectivity index (χ3v) is 2.58. The van der Waals surface area contributed by atoms with E-state index in [1.807, 2.05) is 0 Å². The Hall–Kier alpha value is -1.75. The zero-order valence-corrected chi connectivity index (χ0v) is 12.8. The monoisotopic (exact) mass is 337 g/mol. The highest BCUT2D eigenvalue weighted by atomic mass is 16.5. The van der Waals surface area contributed by atoms with Crippen molar-refractivity contribution in [3.8, 4) is 0 Å². The van der Waals surface area contributed by atoms with E-state index in [4.69, 9.17) is 25.2 Å². The van der Waals surface area contributed by atoms with E-state index < -0.39 is 55.9 Å². The summed E-state index contributed by atoms with van der Waals surface area (Å²) in [6.45, 7) is -0.788. The molecule has 3 unspecified atom stereocenters. The van der Waals surface area contributed by atoms with Gasteiger partial charge in [0.2, 0.25) is 5.91 Å². The Morgan fingerprint density at radius 1 is 1.00 bits per heavy atom. The van der Waals surface area contributed by atoms with Crippen molar-refractivity contribution >= 4 is 17.8 Å². The molecule has 0 heterocycles. The summed E-state index contributed by atoms with van der Waals surface area (Å²) in [7, 11) is 0. The van der Waals surface area contributed by atoms with Crippen LogP contribution in [0.1, 0.15) is 19.8 Å². The van der Waals surface area contributed by atoms with Crippen molar-refractivity contribution in [2.75, 3.05) is 26.4 Å².